The number of hydrogen-bond donors (Lipinski definition) is 0. The molecule has 5 heteroatoms. The van der Waals surface area contributed by atoms with E-state index in [1.165, 1.54) is 6.07 Å². The third-order valence-corrected chi connectivity index (χ3v) is 5.51. The minimum Gasteiger partial charge on any atom is -0.262 e. The van der Waals surface area contributed by atoms with Crippen molar-refractivity contribution in [3.8, 4) is 22.3 Å². The zero-order valence-corrected chi connectivity index (χ0v) is 17.4. The number of allylic oxidation sites excluding steroid dienone is 1. The van der Waals surface area contributed by atoms with Crippen molar-refractivity contribution in [3.05, 3.63) is 77.6 Å². The third kappa shape index (κ3) is 3.86. The molecule has 0 amide bonds. The summed E-state index contributed by atoms with van der Waals surface area (Å²) >= 11 is 0. The molecule has 3 rings (SSSR count). The molecular formula is C24H25F3N2. The number of hydrogen-bond acceptors (Lipinski definition) is 1. The van der Waals surface area contributed by atoms with Crippen molar-refractivity contribution in [1.29, 1.82) is 0 Å². The SMILES string of the molecule is C=C(C)C(C)(C)n1cc(-c2cc(C)cc(C(F)(F)F)c2-c2ccccc2C)cn1. The van der Waals surface area contributed by atoms with E-state index in [-0.39, 0.29) is 5.56 Å². The van der Waals surface area contributed by atoms with Crippen molar-refractivity contribution in [2.24, 2.45) is 0 Å². The van der Waals surface area contributed by atoms with Crippen LogP contribution < -0.4 is 0 Å². The van der Waals surface area contributed by atoms with Gasteiger partial charge in [-0.3, -0.25) is 4.68 Å². The van der Waals surface area contributed by atoms with Crippen LogP contribution in [0.2, 0.25) is 0 Å². The molecule has 29 heavy (non-hydrogen) atoms. The van der Waals surface area contributed by atoms with E-state index in [0.29, 0.717) is 22.3 Å². The van der Waals surface area contributed by atoms with Gasteiger partial charge in [0.15, 0.2) is 0 Å². The van der Waals surface area contributed by atoms with Gasteiger partial charge in [-0.15, -0.1) is 0 Å². The largest absolute Gasteiger partial charge is 0.417 e. The summed E-state index contributed by atoms with van der Waals surface area (Å²) in [5.41, 5.74) is 3.10. The molecule has 2 aromatic carbocycles. The molecule has 0 radical (unpaired) electrons. The maximum absolute atomic E-state index is 14.0. The maximum atomic E-state index is 14.0. The highest BCUT2D eigenvalue weighted by molar-refractivity contribution is 5.87. The van der Waals surface area contributed by atoms with Gasteiger partial charge in [-0.2, -0.15) is 18.3 Å². The van der Waals surface area contributed by atoms with Crippen LogP contribution in [0.3, 0.4) is 0 Å². The Hall–Kier alpha value is -2.82. The second kappa shape index (κ2) is 7.21. The van der Waals surface area contributed by atoms with Crippen LogP contribution in [0.15, 0.2) is 60.9 Å². The standard InChI is InChI=1S/C24H25F3N2/c1-15(2)23(5,6)29-14-18(13-28-29)20-11-16(3)12-21(24(25,26)27)22(20)19-10-8-7-9-17(19)4/h7-14H,1H2,2-6H3. The molecular weight excluding hydrogens is 373 g/mol. The lowest BCUT2D eigenvalue weighted by atomic mass is 9.87. The molecule has 0 aliphatic heterocycles. The van der Waals surface area contributed by atoms with E-state index in [4.69, 9.17) is 0 Å². The fourth-order valence-corrected chi connectivity index (χ4v) is 3.34. The number of aromatic nitrogens is 2. The second-order valence-corrected chi connectivity index (χ2v) is 8.06. The molecule has 0 saturated carbocycles. The highest BCUT2D eigenvalue weighted by atomic mass is 19.4. The minimum absolute atomic E-state index is 0.189. The van der Waals surface area contributed by atoms with Gasteiger partial charge in [-0.25, -0.2) is 0 Å². The first-order valence-electron chi connectivity index (χ1n) is 9.42. The highest BCUT2D eigenvalue weighted by Gasteiger charge is 2.36. The van der Waals surface area contributed by atoms with Crippen LogP contribution >= 0.6 is 0 Å². The zero-order chi connectivity index (χ0) is 21.6. The number of halogens is 3. The van der Waals surface area contributed by atoms with Crippen molar-refractivity contribution >= 4 is 0 Å². The maximum Gasteiger partial charge on any atom is 0.417 e. The Morgan fingerprint density at radius 2 is 1.69 bits per heavy atom. The molecule has 1 aromatic heterocycles. The molecule has 0 unspecified atom stereocenters. The van der Waals surface area contributed by atoms with Crippen LogP contribution in [-0.2, 0) is 11.7 Å². The lowest BCUT2D eigenvalue weighted by Gasteiger charge is -2.25. The molecule has 3 aromatic rings. The molecule has 0 aliphatic rings. The first-order valence-corrected chi connectivity index (χ1v) is 9.42. The highest BCUT2D eigenvalue weighted by Crippen LogP contribution is 2.44. The van der Waals surface area contributed by atoms with Gasteiger partial charge in [0.2, 0.25) is 0 Å². The zero-order valence-electron chi connectivity index (χ0n) is 17.4. The molecule has 152 valence electrons. The number of benzene rings is 2. The van der Waals surface area contributed by atoms with Crippen molar-refractivity contribution in [2.75, 3.05) is 0 Å². The van der Waals surface area contributed by atoms with E-state index < -0.39 is 17.3 Å². The summed E-state index contributed by atoms with van der Waals surface area (Å²) in [6, 6.07) is 10.2. The third-order valence-electron chi connectivity index (χ3n) is 5.51. The predicted octanol–water partition coefficient (Wildman–Crippen LogP) is 7.16. The van der Waals surface area contributed by atoms with Crippen molar-refractivity contribution in [3.63, 3.8) is 0 Å². The van der Waals surface area contributed by atoms with Gasteiger partial charge in [-0.1, -0.05) is 42.5 Å². The van der Waals surface area contributed by atoms with E-state index in [0.717, 1.165) is 11.1 Å². The Balaban J connectivity index is 2.33. The van der Waals surface area contributed by atoms with Gasteiger partial charge >= 0.3 is 6.18 Å². The summed E-state index contributed by atoms with van der Waals surface area (Å²) < 4.78 is 43.8. The number of nitrogens with zero attached hydrogens (tertiary/aromatic N) is 2. The minimum atomic E-state index is -4.47. The van der Waals surface area contributed by atoms with Gasteiger partial charge in [0.25, 0.3) is 0 Å². The van der Waals surface area contributed by atoms with E-state index in [2.05, 4.69) is 11.7 Å². The second-order valence-electron chi connectivity index (χ2n) is 8.06. The van der Waals surface area contributed by atoms with E-state index in [9.17, 15) is 13.2 Å². The van der Waals surface area contributed by atoms with Gasteiger partial charge < -0.3 is 0 Å². The van der Waals surface area contributed by atoms with E-state index in [1.807, 2.05) is 39.8 Å². The van der Waals surface area contributed by atoms with Crippen LogP contribution in [0.4, 0.5) is 13.2 Å². The van der Waals surface area contributed by atoms with Gasteiger partial charge in [0, 0.05) is 17.3 Å². The first kappa shape index (κ1) is 20.9. The Kier molecular flexibility index (Phi) is 5.20. The van der Waals surface area contributed by atoms with E-state index in [1.54, 1.807) is 42.2 Å². The summed E-state index contributed by atoms with van der Waals surface area (Å²) in [4.78, 5) is 0. The lowest BCUT2D eigenvalue weighted by molar-refractivity contribution is -0.137. The normalized spacial score (nSPS) is 12.3. The molecule has 0 atom stereocenters. The fourth-order valence-electron chi connectivity index (χ4n) is 3.34. The fraction of sp³-hybridized carbons (Fsp3) is 0.292. The van der Waals surface area contributed by atoms with Gasteiger partial charge in [0.1, 0.15) is 0 Å². The Labute approximate surface area is 169 Å². The first-order chi connectivity index (χ1) is 13.4. The Bertz CT molecular complexity index is 1070. The summed E-state index contributed by atoms with van der Waals surface area (Å²) in [7, 11) is 0. The molecule has 2 nitrogen and oxygen atoms in total. The monoisotopic (exact) mass is 398 g/mol. The quantitative estimate of drug-likeness (QED) is 0.426. The summed E-state index contributed by atoms with van der Waals surface area (Å²) in [5, 5.41) is 4.44. The molecule has 1 heterocycles. The molecule has 0 bridgehead atoms. The van der Waals surface area contributed by atoms with Crippen LogP contribution in [0.25, 0.3) is 22.3 Å². The Morgan fingerprint density at radius 1 is 1.03 bits per heavy atom. The number of alkyl halides is 3. The van der Waals surface area contributed by atoms with Crippen LogP contribution in [0.1, 0.15) is 37.5 Å². The average Bonchev–Trinajstić information content (AvgIpc) is 3.11. The van der Waals surface area contributed by atoms with Crippen molar-refractivity contribution in [1.82, 2.24) is 9.78 Å². The molecule has 0 aliphatic carbocycles. The molecule has 0 fully saturated rings. The predicted molar refractivity (Wildman–Crippen MR) is 112 cm³/mol. The molecule has 0 spiro atoms. The van der Waals surface area contributed by atoms with Crippen molar-refractivity contribution < 1.29 is 13.2 Å². The van der Waals surface area contributed by atoms with Gasteiger partial charge in [-0.05, 0) is 62.9 Å². The number of rotatable bonds is 4. The topological polar surface area (TPSA) is 17.8 Å². The van der Waals surface area contributed by atoms with Crippen LogP contribution in [0, 0.1) is 13.8 Å². The Morgan fingerprint density at radius 3 is 2.28 bits per heavy atom. The van der Waals surface area contributed by atoms with Gasteiger partial charge in [0.05, 0.1) is 17.3 Å². The van der Waals surface area contributed by atoms with Crippen LogP contribution in [-0.4, -0.2) is 9.78 Å². The lowest BCUT2D eigenvalue weighted by Crippen LogP contribution is -2.27. The summed E-state index contributed by atoms with van der Waals surface area (Å²) in [6.07, 6.45) is -1.04. The summed E-state index contributed by atoms with van der Waals surface area (Å²) in [5.74, 6) is 0. The average molecular weight is 398 g/mol. The number of aryl methyl sites for hydroxylation is 2. The van der Waals surface area contributed by atoms with E-state index >= 15 is 0 Å². The smallest absolute Gasteiger partial charge is 0.262 e. The molecule has 0 saturated heterocycles. The van der Waals surface area contributed by atoms with Crippen molar-refractivity contribution in [2.45, 2.75) is 46.3 Å². The summed E-state index contributed by atoms with van der Waals surface area (Å²) in [6.45, 7) is 13.4. The van der Waals surface area contributed by atoms with Crippen LogP contribution in [0.5, 0.6) is 0 Å². The molecule has 0 N–H and O–H groups in total.